The monoisotopic (exact) mass is 370 g/mol. The van der Waals surface area contributed by atoms with Crippen molar-refractivity contribution in [1.82, 2.24) is 9.80 Å². The molecule has 2 amide bonds. The van der Waals surface area contributed by atoms with Gasteiger partial charge in [0.25, 0.3) is 0 Å². The first-order valence-electron chi connectivity index (χ1n) is 9.07. The molecule has 2 fully saturated rings. The molecule has 148 valence electrons. The van der Waals surface area contributed by atoms with E-state index in [4.69, 9.17) is 14.2 Å². The number of ether oxygens (including phenoxy) is 3. The Morgan fingerprint density at radius 1 is 1.19 bits per heavy atom. The Morgan fingerprint density at radius 2 is 1.81 bits per heavy atom. The normalized spacial score (nSPS) is 18.6. The molecule has 0 atom stereocenters. The number of esters is 1. The summed E-state index contributed by atoms with van der Waals surface area (Å²) in [5.74, 6) is -0.324. The van der Waals surface area contributed by atoms with Crippen molar-refractivity contribution < 1.29 is 28.6 Å². The molecule has 2 aliphatic rings. The summed E-state index contributed by atoms with van der Waals surface area (Å²) in [6.07, 6.45) is 1.02. The highest BCUT2D eigenvalue weighted by molar-refractivity contribution is 5.72. The van der Waals surface area contributed by atoms with Gasteiger partial charge in [0, 0.05) is 31.1 Å². The average molecular weight is 370 g/mol. The van der Waals surface area contributed by atoms with E-state index in [9.17, 15) is 14.4 Å². The first-order chi connectivity index (χ1) is 12.1. The number of likely N-dealkylation sites (tertiary alicyclic amines) is 1. The molecule has 0 aromatic heterocycles. The summed E-state index contributed by atoms with van der Waals surface area (Å²) in [7, 11) is 1.34. The molecule has 2 rings (SSSR count). The highest BCUT2D eigenvalue weighted by Crippen LogP contribution is 2.50. The largest absolute Gasteiger partial charge is 0.466 e. The molecule has 8 heteroatoms. The number of amides is 2. The van der Waals surface area contributed by atoms with Crippen molar-refractivity contribution in [2.75, 3.05) is 33.4 Å². The van der Waals surface area contributed by atoms with Gasteiger partial charge in [-0.1, -0.05) is 0 Å². The number of hydrogen-bond donors (Lipinski definition) is 0. The Labute approximate surface area is 154 Å². The highest BCUT2D eigenvalue weighted by Gasteiger charge is 2.56. The van der Waals surface area contributed by atoms with Crippen LogP contribution in [0, 0.1) is 5.41 Å². The third-order valence-electron chi connectivity index (χ3n) is 4.75. The van der Waals surface area contributed by atoms with E-state index >= 15 is 0 Å². The van der Waals surface area contributed by atoms with Crippen LogP contribution in [0.15, 0.2) is 0 Å². The molecule has 1 heterocycles. The van der Waals surface area contributed by atoms with E-state index in [1.807, 2.05) is 20.8 Å². The quantitative estimate of drug-likeness (QED) is 0.546. The van der Waals surface area contributed by atoms with Gasteiger partial charge in [-0.15, -0.1) is 0 Å². The molecule has 8 nitrogen and oxygen atoms in total. The van der Waals surface area contributed by atoms with Gasteiger partial charge in [-0.25, -0.2) is 9.59 Å². The molecule has 1 saturated heterocycles. The Hall–Kier alpha value is -1.99. The fourth-order valence-electron chi connectivity index (χ4n) is 3.62. The van der Waals surface area contributed by atoms with E-state index in [1.165, 1.54) is 7.11 Å². The predicted octanol–water partition coefficient (Wildman–Crippen LogP) is 2.41. The van der Waals surface area contributed by atoms with Gasteiger partial charge < -0.3 is 24.0 Å². The van der Waals surface area contributed by atoms with Gasteiger partial charge in [0.2, 0.25) is 0 Å². The predicted molar refractivity (Wildman–Crippen MR) is 93.6 cm³/mol. The lowest BCUT2D eigenvalue weighted by atomic mass is 9.60. The minimum absolute atomic E-state index is 0.0256. The molecular weight excluding hydrogens is 340 g/mol. The van der Waals surface area contributed by atoms with Crippen molar-refractivity contribution in [3.05, 3.63) is 0 Å². The van der Waals surface area contributed by atoms with Crippen LogP contribution in [0.5, 0.6) is 0 Å². The molecule has 0 bridgehead atoms. The molecule has 1 aliphatic carbocycles. The molecule has 0 radical (unpaired) electrons. The van der Waals surface area contributed by atoms with Gasteiger partial charge in [0.15, 0.2) is 0 Å². The van der Waals surface area contributed by atoms with Crippen molar-refractivity contribution in [1.29, 1.82) is 0 Å². The highest BCUT2D eigenvalue weighted by atomic mass is 16.6. The van der Waals surface area contributed by atoms with Crippen molar-refractivity contribution in [2.45, 2.75) is 58.6 Å². The minimum Gasteiger partial charge on any atom is -0.466 e. The van der Waals surface area contributed by atoms with Crippen molar-refractivity contribution in [2.24, 2.45) is 5.41 Å². The van der Waals surface area contributed by atoms with Crippen LogP contribution in [-0.4, -0.2) is 72.9 Å². The Kier molecular flexibility index (Phi) is 6.03. The molecule has 26 heavy (non-hydrogen) atoms. The van der Waals surface area contributed by atoms with E-state index < -0.39 is 11.7 Å². The summed E-state index contributed by atoms with van der Waals surface area (Å²) in [5, 5.41) is 0. The van der Waals surface area contributed by atoms with Gasteiger partial charge in [0.1, 0.15) is 5.60 Å². The first-order valence-corrected chi connectivity index (χ1v) is 9.07. The number of carbonyl (C=O) groups excluding carboxylic acids is 3. The summed E-state index contributed by atoms with van der Waals surface area (Å²) in [5.41, 5.74) is -0.450. The molecule has 0 unspecified atom stereocenters. The van der Waals surface area contributed by atoms with Gasteiger partial charge in [-0.3, -0.25) is 4.79 Å². The molecule has 1 spiro atoms. The zero-order chi connectivity index (χ0) is 19.5. The lowest BCUT2D eigenvalue weighted by Crippen LogP contribution is -2.68. The number of carbonyl (C=O) groups is 3. The smallest absolute Gasteiger partial charge is 0.410 e. The zero-order valence-corrected chi connectivity index (χ0v) is 16.4. The Morgan fingerprint density at radius 3 is 2.31 bits per heavy atom. The maximum Gasteiger partial charge on any atom is 0.410 e. The summed E-state index contributed by atoms with van der Waals surface area (Å²) >= 11 is 0. The fraction of sp³-hybridized carbons (Fsp3) is 0.833. The SMILES string of the molecule is CCOC(=O)CCN(C(=O)OC)C1CC2(C1)CN(C(=O)OC(C)(C)C)C2. The van der Waals surface area contributed by atoms with Gasteiger partial charge >= 0.3 is 18.2 Å². The van der Waals surface area contributed by atoms with E-state index in [0.29, 0.717) is 19.7 Å². The molecule has 0 aromatic rings. The van der Waals surface area contributed by atoms with E-state index in [1.54, 1.807) is 16.7 Å². The summed E-state index contributed by atoms with van der Waals surface area (Å²) in [4.78, 5) is 38.9. The number of hydrogen-bond acceptors (Lipinski definition) is 6. The molecule has 1 aliphatic heterocycles. The van der Waals surface area contributed by atoms with Crippen molar-refractivity contribution >= 4 is 18.2 Å². The summed E-state index contributed by atoms with van der Waals surface area (Å²) < 4.78 is 15.1. The second-order valence-electron chi connectivity index (χ2n) is 8.12. The number of nitrogens with zero attached hydrogens (tertiary/aromatic N) is 2. The Balaban J connectivity index is 1.81. The maximum absolute atomic E-state index is 12.0. The van der Waals surface area contributed by atoms with Crippen LogP contribution >= 0.6 is 0 Å². The van der Waals surface area contributed by atoms with Gasteiger partial charge in [-0.2, -0.15) is 0 Å². The van der Waals surface area contributed by atoms with Crippen molar-refractivity contribution in [3.8, 4) is 0 Å². The van der Waals surface area contributed by atoms with Crippen LogP contribution in [0.4, 0.5) is 9.59 Å². The standard InChI is InChI=1S/C18H30N2O6/c1-6-25-14(21)7-8-20(16(23)24-5)13-9-18(10-13)11-19(12-18)15(22)26-17(2,3)4/h13H,6-12H2,1-5H3. The van der Waals surface area contributed by atoms with Crippen LogP contribution < -0.4 is 0 Å². The summed E-state index contributed by atoms with van der Waals surface area (Å²) in [6.45, 7) is 9.17. The van der Waals surface area contributed by atoms with Crippen LogP contribution in [0.3, 0.4) is 0 Å². The van der Waals surface area contributed by atoms with Crippen molar-refractivity contribution in [3.63, 3.8) is 0 Å². The lowest BCUT2D eigenvalue weighted by molar-refractivity contribution is -0.144. The van der Waals surface area contributed by atoms with Gasteiger partial charge in [-0.05, 0) is 40.5 Å². The second kappa shape index (κ2) is 7.72. The molecular formula is C18H30N2O6. The van der Waals surface area contributed by atoms with Crippen LogP contribution in [-0.2, 0) is 19.0 Å². The third kappa shape index (κ3) is 4.80. The van der Waals surface area contributed by atoms with Crippen LogP contribution in [0.25, 0.3) is 0 Å². The Bertz CT molecular complexity index is 542. The first kappa shape index (κ1) is 20.3. The van der Waals surface area contributed by atoms with E-state index in [0.717, 1.165) is 12.8 Å². The zero-order valence-electron chi connectivity index (χ0n) is 16.4. The average Bonchev–Trinajstić information content (AvgIpc) is 2.44. The molecule has 0 aromatic carbocycles. The number of methoxy groups -OCH3 is 1. The number of rotatable bonds is 5. The van der Waals surface area contributed by atoms with Crippen LogP contribution in [0.2, 0.25) is 0 Å². The summed E-state index contributed by atoms with van der Waals surface area (Å²) in [6, 6.07) is 0.0256. The topological polar surface area (TPSA) is 85.4 Å². The molecule has 1 saturated carbocycles. The molecule has 0 N–H and O–H groups in total. The lowest BCUT2D eigenvalue weighted by Gasteiger charge is -2.60. The second-order valence-corrected chi connectivity index (χ2v) is 8.12. The van der Waals surface area contributed by atoms with E-state index in [-0.39, 0.29) is 36.5 Å². The van der Waals surface area contributed by atoms with Gasteiger partial charge in [0.05, 0.1) is 20.1 Å². The third-order valence-corrected chi connectivity index (χ3v) is 4.75. The van der Waals surface area contributed by atoms with E-state index in [2.05, 4.69) is 0 Å². The maximum atomic E-state index is 12.0. The van der Waals surface area contributed by atoms with Crippen LogP contribution in [0.1, 0.15) is 47.0 Å². The fourth-order valence-corrected chi connectivity index (χ4v) is 3.62. The minimum atomic E-state index is -0.503.